The van der Waals surface area contributed by atoms with Crippen LogP contribution < -0.4 is 0 Å². The van der Waals surface area contributed by atoms with Crippen molar-refractivity contribution in [3.8, 4) is 11.8 Å². The molecule has 0 aliphatic carbocycles. The van der Waals surface area contributed by atoms with Gasteiger partial charge in [-0.15, -0.1) is 11.8 Å². The van der Waals surface area contributed by atoms with Crippen molar-refractivity contribution in [3.05, 3.63) is 0 Å². The van der Waals surface area contributed by atoms with E-state index in [1.54, 1.807) is 0 Å². The number of ether oxygens (including phenoxy) is 2. The van der Waals surface area contributed by atoms with Gasteiger partial charge in [-0.3, -0.25) is 9.59 Å². The summed E-state index contributed by atoms with van der Waals surface area (Å²) in [5, 5.41) is 0. The molecule has 0 saturated heterocycles. The molecular formula is C24H42O4. The summed E-state index contributed by atoms with van der Waals surface area (Å²) in [6.07, 6.45) is 15.9. The molecule has 28 heavy (non-hydrogen) atoms. The molecule has 0 fully saturated rings. The molecule has 0 N–H and O–H groups in total. The maximum absolute atomic E-state index is 11.6. The Bertz CT molecular complexity index is 434. The summed E-state index contributed by atoms with van der Waals surface area (Å²) in [6, 6.07) is 0. The van der Waals surface area contributed by atoms with Crippen molar-refractivity contribution < 1.29 is 19.1 Å². The van der Waals surface area contributed by atoms with Gasteiger partial charge >= 0.3 is 11.9 Å². The lowest BCUT2D eigenvalue weighted by molar-refractivity contribution is -0.150. The van der Waals surface area contributed by atoms with Crippen LogP contribution in [0.1, 0.15) is 117 Å². The zero-order chi connectivity index (χ0) is 20.7. The summed E-state index contributed by atoms with van der Waals surface area (Å²) in [5.41, 5.74) is 0. The fourth-order valence-corrected chi connectivity index (χ4v) is 2.84. The third-order valence-electron chi connectivity index (χ3n) is 4.56. The number of carbonyl (C=O) groups excluding carboxylic acids is 2. The maximum Gasteiger partial charge on any atom is 0.306 e. The Morgan fingerprint density at radius 3 is 1.57 bits per heavy atom. The maximum atomic E-state index is 11.6. The first-order chi connectivity index (χ1) is 13.7. The lowest BCUT2D eigenvalue weighted by Gasteiger charge is -2.06. The van der Waals surface area contributed by atoms with E-state index >= 15 is 0 Å². The van der Waals surface area contributed by atoms with Crippen molar-refractivity contribution in [2.24, 2.45) is 0 Å². The van der Waals surface area contributed by atoms with E-state index in [9.17, 15) is 9.59 Å². The minimum absolute atomic E-state index is 0.119. The molecule has 0 spiro atoms. The predicted octanol–water partition coefficient (Wildman–Crippen LogP) is 6.36. The summed E-state index contributed by atoms with van der Waals surface area (Å²) in [5.74, 6) is 5.65. The lowest BCUT2D eigenvalue weighted by Crippen LogP contribution is -2.11. The van der Waals surface area contributed by atoms with Crippen LogP contribution >= 0.6 is 0 Å². The molecular weight excluding hydrogens is 352 g/mol. The summed E-state index contributed by atoms with van der Waals surface area (Å²) >= 11 is 0. The molecule has 0 amide bonds. The Labute approximate surface area is 173 Å². The average molecular weight is 395 g/mol. The first-order valence-electron chi connectivity index (χ1n) is 11.5. The van der Waals surface area contributed by atoms with Crippen molar-refractivity contribution in [3.63, 3.8) is 0 Å². The van der Waals surface area contributed by atoms with E-state index in [-0.39, 0.29) is 24.8 Å². The van der Waals surface area contributed by atoms with Crippen LogP contribution in [0.2, 0.25) is 0 Å². The van der Waals surface area contributed by atoms with Crippen LogP contribution in [0.15, 0.2) is 0 Å². The summed E-state index contributed by atoms with van der Waals surface area (Å²) in [6.45, 7) is 5.18. The standard InChI is InChI=1S/C24H42O4/c1-3-5-7-9-11-12-13-14-16-18-22-28-24(26)20-19-23(25)27-21-17-15-10-8-6-4-2/h3-4,6,8-22H2,1-2H3. The minimum atomic E-state index is -0.300. The van der Waals surface area contributed by atoms with Crippen molar-refractivity contribution in [2.75, 3.05) is 13.2 Å². The largest absolute Gasteiger partial charge is 0.466 e. The van der Waals surface area contributed by atoms with Gasteiger partial charge in [-0.1, -0.05) is 71.6 Å². The van der Waals surface area contributed by atoms with E-state index in [0.29, 0.717) is 13.2 Å². The monoisotopic (exact) mass is 394 g/mol. The number of unbranched alkanes of at least 4 members (excludes halogenated alkanes) is 11. The van der Waals surface area contributed by atoms with Gasteiger partial charge in [-0.2, -0.15) is 0 Å². The number of hydrogen-bond donors (Lipinski definition) is 0. The van der Waals surface area contributed by atoms with Crippen LogP contribution in [-0.2, 0) is 19.1 Å². The van der Waals surface area contributed by atoms with Crippen LogP contribution in [0.5, 0.6) is 0 Å². The molecule has 0 aliphatic rings. The first-order valence-corrected chi connectivity index (χ1v) is 11.5. The average Bonchev–Trinajstić information content (AvgIpc) is 2.69. The van der Waals surface area contributed by atoms with E-state index in [2.05, 4.69) is 25.7 Å². The van der Waals surface area contributed by atoms with Crippen molar-refractivity contribution in [1.29, 1.82) is 0 Å². The van der Waals surface area contributed by atoms with E-state index in [1.807, 2.05) is 0 Å². The molecule has 0 bridgehead atoms. The molecule has 4 heteroatoms. The van der Waals surface area contributed by atoms with Crippen LogP contribution in [0.3, 0.4) is 0 Å². The normalized spacial score (nSPS) is 10.2. The molecule has 0 rings (SSSR count). The van der Waals surface area contributed by atoms with Gasteiger partial charge in [0, 0.05) is 12.8 Å². The van der Waals surface area contributed by atoms with E-state index < -0.39 is 0 Å². The second-order valence-electron chi connectivity index (χ2n) is 7.29. The molecule has 4 nitrogen and oxygen atoms in total. The molecule has 0 unspecified atom stereocenters. The molecule has 0 aromatic carbocycles. The van der Waals surface area contributed by atoms with Crippen LogP contribution in [0, 0.1) is 11.8 Å². The highest BCUT2D eigenvalue weighted by Gasteiger charge is 2.09. The van der Waals surface area contributed by atoms with Crippen molar-refractivity contribution in [2.45, 2.75) is 117 Å². The molecule has 162 valence electrons. The Hall–Kier alpha value is -1.50. The molecule has 0 radical (unpaired) electrons. The third-order valence-corrected chi connectivity index (χ3v) is 4.56. The molecule has 0 atom stereocenters. The zero-order valence-corrected chi connectivity index (χ0v) is 18.4. The summed E-state index contributed by atoms with van der Waals surface area (Å²) < 4.78 is 10.3. The molecule has 0 aromatic heterocycles. The quantitative estimate of drug-likeness (QED) is 0.154. The van der Waals surface area contributed by atoms with Crippen LogP contribution in [0.4, 0.5) is 0 Å². The molecule has 0 saturated carbocycles. The number of carbonyl (C=O) groups is 2. The fraction of sp³-hybridized carbons (Fsp3) is 0.833. The Kier molecular flexibility index (Phi) is 20.6. The van der Waals surface area contributed by atoms with E-state index in [4.69, 9.17) is 9.47 Å². The molecule has 0 heterocycles. The summed E-state index contributed by atoms with van der Waals surface area (Å²) in [7, 11) is 0. The topological polar surface area (TPSA) is 52.6 Å². The van der Waals surface area contributed by atoms with Crippen LogP contribution in [0.25, 0.3) is 0 Å². The zero-order valence-electron chi connectivity index (χ0n) is 18.4. The predicted molar refractivity (Wildman–Crippen MR) is 115 cm³/mol. The second kappa shape index (κ2) is 21.8. The number of esters is 2. The van der Waals surface area contributed by atoms with E-state index in [1.165, 1.54) is 51.4 Å². The second-order valence-corrected chi connectivity index (χ2v) is 7.29. The first kappa shape index (κ1) is 26.5. The highest BCUT2D eigenvalue weighted by molar-refractivity contribution is 5.77. The molecule has 0 aliphatic heterocycles. The van der Waals surface area contributed by atoms with E-state index in [0.717, 1.165) is 38.5 Å². The van der Waals surface area contributed by atoms with Gasteiger partial charge in [0.1, 0.15) is 0 Å². The van der Waals surface area contributed by atoms with Gasteiger partial charge < -0.3 is 9.47 Å². The Balaban J connectivity index is 3.35. The van der Waals surface area contributed by atoms with Gasteiger partial charge in [-0.05, 0) is 19.3 Å². The third kappa shape index (κ3) is 20.8. The van der Waals surface area contributed by atoms with Gasteiger partial charge in [0.25, 0.3) is 0 Å². The van der Waals surface area contributed by atoms with Gasteiger partial charge in [0.05, 0.1) is 26.1 Å². The lowest BCUT2D eigenvalue weighted by atomic mass is 10.1. The highest BCUT2D eigenvalue weighted by Crippen LogP contribution is 2.08. The van der Waals surface area contributed by atoms with Gasteiger partial charge in [0.15, 0.2) is 0 Å². The minimum Gasteiger partial charge on any atom is -0.466 e. The SMILES string of the molecule is CCC#CCCCCCCCCOC(=O)CCC(=O)OCCCCCCCC. The van der Waals surface area contributed by atoms with Gasteiger partial charge in [0.2, 0.25) is 0 Å². The van der Waals surface area contributed by atoms with Crippen molar-refractivity contribution >= 4 is 11.9 Å². The van der Waals surface area contributed by atoms with Gasteiger partial charge in [-0.25, -0.2) is 0 Å². The number of rotatable bonds is 18. The van der Waals surface area contributed by atoms with Crippen LogP contribution in [-0.4, -0.2) is 25.2 Å². The van der Waals surface area contributed by atoms with Crippen molar-refractivity contribution in [1.82, 2.24) is 0 Å². The summed E-state index contributed by atoms with van der Waals surface area (Å²) in [4.78, 5) is 23.2. The highest BCUT2D eigenvalue weighted by atomic mass is 16.5. The smallest absolute Gasteiger partial charge is 0.306 e. The number of hydrogen-bond acceptors (Lipinski definition) is 4. The fourth-order valence-electron chi connectivity index (χ4n) is 2.84. The Morgan fingerprint density at radius 2 is 1.07 bits per heavy atom. The Morgan fingerprint density at radius 1 is 0.607 bits per heavy atom. The molecule has 0 aromatic rings.